The van der Waals surface area contributed by atoms with Crippen molar-refractivity contribution in [2.75, 3.05) is 0 Å². The Morgan fingerprint density at radius 2 is 1.89 bits per heavy atom. The fourth-order valence-electron chi connectivity index (χ4n) is 1.64. The molecule has 4 nitrogen and oxygen atoms in total. The van der Waals surface area contributed by atoms with E-state index in [9.17, 15) is 4.79 Å². The molecule has 2 aromatic rings. The number of amides is 1. The smallest absolute Gasteiger partial charge is 0.267 e. The monoisotopic (exact) mass is 253 g/mol. The van der Waals surface area contributed by atoms with Gasteiger partial charge in [0.2, 0.25) is 0 Å². The average molecular weight is 253 g/mol. The zero-order valence-electron chi connectivity index (χ0n) is 10.9. The third-order valence-corrected chi connectivity index (χ3v) is 2.70. The van der Waals surface area contributed by atoms with Gasteiger partial charge in [-0.2, -0.15) is 5.10 Å². The van der Waals surface area contributed by atoms with Crippen molar-refractivity contribution in [3.05, 3.63) is 65.5 Å². The molecule has 0 bridgehead atoms. The Kier molecular flexibility index (Phi) is 4.03. The predicted octanol–water partition coefficient (Wildman–Crippen LogP) is 2.54. The minimum atomic E-state index is -0.211. The highest BCUT2D eigenvalue weighted by Crippen LogP contribution is 2.04. The summed E-state index contributed by atoms with van der Waals surface area (Å²) in [7, 11) is 0. The summed E-state index contributed by atoms with van der Waals surface area (Å²) in [6.45, 7) is 3.79. The fourth-order valence-corrected chi connectivity index (χ4v) is 1.64. The second kappa shape index (κ2) is 5.91. The Morgan fingerprint density at radius 1 is 1.16 bits per heavy atom. The number of carbonyl (C=O) groups excluding carboxylic acids is 1. The van der Waals surface area contributed by atoms with Crippen LogP contribution in [0.5, 0.6) is 0 Å². The summed E-state index contributed by atoms with van der Waals surface area (Å²) in [6, 6.07) is 11.1. The van der Waals surface area contributed by atoms with E-state index in [0.29, 0.717) is 5.56 Å². The van der Waals surface area contributed by atoms with Gasteiger partial charge in [-0.05, 0) is 38.1 Å². The summed E-state index contributed by atoms with van der Waals surface area (Å²) < 4.78 is 0. The van der Waals surface area contributed by atoms with E-state index in [0.717, 1.165) is 16.8 Å². The van der Waals surface area contributed by atoms with Crippen molar-refractivity contribution in [3.8, 4) is 0 Å². The molecule has 1 heterocycles. The Balaban J connectivity index is 2.08. The lowest BCUT2D eigenvalue weighted by Gasteiger charge is -2.03. The highest BCUT2D eigenvalue weighted by Gasteiger charge is 2.04. The number of aromatic nitrogens is 1. The Hall–Kier alpha value is -2.49. The van der Waals surface area contributed by atoms with Crippen LogP contribution in [0.1, 0.15) is 28.4 Å². The van der Waals surface area contributed by atoms with E-state index in [1.165, 1.54) is 0 Å². The number of nitrogens with zero attached hydrogens (tertiary/aromatic N) is 2. The molecule has 0 atom stereocenters. The van der Waals surface area contributed by atoms with Crippen LogP contribution in [0.4, 0.5) is 0 Å². The molecule has 0 saturated carbocycles. The summed E-state index contributed by atoms with van der Waals surface area (Å²) in [5, 5.41) is 4.09. The van der Waals surface area contributed by atoms with Crippen LogP contribution >= 0.6 is 0 Å². The fraction of sp³-hybridized carbons (Fsp3) is 0.133. The first-order valence-corrected chi connectivity index (χ1v) is 5.98. The van der Waals surface area contributed by atoms with E-state index in [4.69, 9.17) is 0 Å². The zero-order valence-corrected chi connectivity index (χ0v) is 10.9. The van der Waals surface area contributed by atoms with Crippen LogP contribution in [0.3, 0.4) is 0 Å². The van der Waals surface area contributed by atoms with E-state index in [1.807, 2.05) is 44.2 Å². The Morgan fingerprint density at radius 3 is 2.58 bits per heavy atom. The van der Waals surface area contributed by atoms with Gasteiger partial charge < -0.3 is 0 Å². The zero-order chi connectivity index (χ0) is 13.7. The number of pyridine rings is 1. The SMILES string of the molecule is CC(=NNC(=O)c1cccc(C)c1)c1ccncc1. The van der Waals surface area contributed by atoms with E-state index in [1.54, 1.807) is 18.5 Å². The third-order valence-electron chi connectivity index (χ3n) is 2.70. The van der Waals surface area contributed by atoms with Gasteiger partial charge in [0.25, 0.3) is 5.91 Å². The van der Waals surface area contributed by atoms with Crippen LogP contribution in [0.2, 0.25) is 0 Å². The maximum absolute atomic E-state index is 11.9. The van der Waals surface area contributed by atoms with Gasteiger partial charge in [0.1, 0.15) is 0 Å². The summed E-state index contributed by atoms with van der Waals surface area (Å²) >= 11 is 0. The van der Waals surface area contributed by atoms with Crippen molar-refractivity contribution in [3.63, 3.8) is 0 Å². The second-order valence-electron chi connectivity index (χ2n) is 4.24. The molecule has 1 amide bonds. The van der Waals surface area contributed by atoms with Crippen LogP contribution in [0, 0.1) is 6.92 Å². The van der Waals surface area contributed by atoms with Crippen LogP contribution in [0.25, 0.3) is 0 Å². The van der Waals surface area contributed by atoms with Crippen molar-refractivity contribution in [1.29, 1.82) is 0 Å². The molecular weight excluding hydrogens is 238 g/mol. The number of benzene rings is 1. The van der Waals surface area contributed by atoms with Gasteiger partial charge in [0.15, 0.2) is 0 Å². The number of aryl methyl sites for hydroxylation is 1. The van der Waals surface area contributed by atoms with Gasteiger partial charge >= 0.3 is 0 Å². The maximum Gasteiger partial charge on any atom is 0.271 e. The Labute approximate surface area is 112 Å². The molecule has 0 aliphatic rings. The minimum Gasteiger partial charge on any atom is -0.267 e. The van der Waals surface area contributed by atoms with Gasteiger partial charge in [-0.1, -0.05) is 17.7 Å². The van der Waals surface area contributed by atoms with E-state index < -0.39 is 0 Å². The first-order chi connectivity index (χ1) is 9.16. The molecule has 1 aromatic heterocycles. The van der Waals surface area contributed by atoms with Gasteiger partial charge in [-0.15, -0.1) is 0 Å². The highest BCUT2D eigenvalue weighted by molar-refractivity contribution is 6.00. The van der Waals surface area contributed by atoms with E-state index >= 15 is 0 Å². The molecule has 4 heteroatoms. The lowest BCUT2D eigenvalue weighted by molar-refractivity contribution is 0.0954. The number of hydrogen-bond acceptors (Lipinski definition) is 3. The molecule has 0 unspecified atom stereocenters. The molecule has 0 radical (unpaired) electrons. The van der Waals surface area contributed by atoms with Crippen molar-refractivity contribution >= 4 is 11.6 Å². The number of nitrogens with one attached hydrogen (secondary N) is 1. The molecular formula is C15H15N3O. The molecule has 96 valence electrons. The van der Waals surface area contributed by atoms with Gasteiger partial charge in [-0.3, -0.25) is 9.78 Å². The largest absolute Gasteiger partial charge is 0.271 e. The minimum absolute atomic E-state index is 0.211. The molecule has 0 spiro atoms. The lowest BCUT2D eigenvalue weighted by atomic mass is 10.1. The number of hydrogen-bond donors (Lipinski definition) is 1. The molecule has 19 heavy (non-hydrogen) atoms. The van der Waals surface area contributed by atoms with Crippen molar-refractivity contribution in [2.45, 2.75) is 13.8 Å². The first kappa shape index (κ1) is 13.0. The highest BCUT2D eigenvalue weighted by atomic mass is 16.2. The molecule has 0 aliphatic carbocycles. The molecule has 1 aromatic carbocycles. The lowest BCUT2D eigenvalue weighted by Crippen LogP contribution is -2.19. The summed E-state index contributed by atoms with van der Waals surface area (Å²) in [6.07, 6.45) is 3.38. The molecule has 2 rings (SSSR count). The molecule has 0 fully saturated rings. The van der Waals surface area contributed by atoms with Crippen molar-refractivity contribution in [2.24, 2.45) is 5.10 Å². The van der Waals surface area contributed by atoms with Crippen LogP contribution in [-0.2, 0) is 0 Å². The van der Waals surface area contributed by atoms with Gasteiger partial charge in [-0.25, -0.2) is 5.43 Å². The van der Waals surface area contributed by atoms with Crippen molar-refractivity contribution in [1.82, 2.24) is 10.4 Å². The standard InChI is InChI=1S/C15H15N3O/c1-11-4-3-5-14(10-11)15(19)18-17-12(2)13-6-8-16-9-7-13/h3-10H,1-2H3,(H,18,19). The van der Waals surface area contributed by atoms with Gasteiger partial charge in [0, 0.05) is 23.5 Å². The quantitative estimate of drug-likeness (QED) is 0.675. The molecule has 1 N–H and O–H groups in total. The molecule has 0 saturated heterocycles. The predicted molar refractivity (Wildman–Crippen MR) is 75.1 cm³/mol. The molecule has 0 aliphatic heterocycles. The van der Waals surface area contributed by atoms with E-state index in [-0.39, 0.29) is 5.91 Å². The van der Waals surface area contributed by atoms with E-state index in [2.05, 4.69) is 15.5 Å². The van der Waals surface area contributed by atoms with Crippen LogP contribution < -0.4 is 5.43 Å². The number of hydrazone groups is 1. The van der Waals surface area contributed by atoms with Crippen LogP contribution in [-0.4, -0.2) is 16.6 Å². The van der Waals surface area contributed by atoms with Crippen LogP contribution in [0.15, 0.2) is 53.9 Å². The third kappa shape index (κ3) is 3.48. The Bertz CT molecular complexity index is 606. The normalized spacial score (nSPS) is 11.2. The summed E-state index contributed by atoms with van der Waals surface area (Å²) in [4.78, 5) is 15.8. The summed E-state index contributed by atoms with van der Waals surface area (Å²) in [5.74, 6) is -0.211. The average Bonchev–Trinajstić information content (AvgIpc) is 2.45. The number of rotatable bonds is 3. The first-order valence-electron chi connectivity index (χ1n) is 5.98. The van der Waals surface area contributed by atoms with Crippen molar-refractivity contribution < 1.29 is 4.79 Å². The topological polar surface area (TPSA) is 54.4 Å². The number of carbonyl (C=O) groups is 1. The maximum atomic E-state index is 11.9. The van der Waals surface area contributed by atoms with Gasteiger partial charge in [0.05, 0.1) is 5.71 Å². The second-order valence-corrected chi connectivity index (χ2v) is 4.24. The summed E-state index contributed by atoms with van der Waals surface area (Å²) in [5.41, 5.74) is 5.87.